The molecule has 1 aromatic carbocycles. The molecule has 0 saturated heterocycles. The fraction of sp³-hybridized carbons (Fsp3) is 0.463. The van der Waals surface area contributed by atoms with E-state index in [4.69, 9.17) is 14.5 Å². The molecule has 4 aromatic heterocycles. The molecule has 2 atom stereocenters. The fourth-order valence-corrected chi connectivity index (χ4v) is 5.39. The van der Waals surface area contributed by atoms with E-state index in [2.05, 4.69) is 78.0 Å². The SMILES string of the molecule is CC(C)(C)OC(=O)N[C@@H](c1nc(-c2cnccn2)cn1Cc1ccccc1)C(C)(C)C.CC(C)(C)OC(=O)N[C@@H](c1ncc(-c2cnccn2)[nH]1)C(C)(C)C. The second-order valence-corrected chi connectivity index (χ2v) is 17.4. The average molecular weight is 753 g/mol. The third kappa shape index (κ3) is 13.0. The van der Waals surface area contributed by atoms with Crippen LogP contribution in [0.25, 0.3) is 22.8 Å². The van der Waals surface area contributed by atoms with Gasteiger partial charge in [-0.25, -0.2) is 19.6 Å². The second-order valence-electron chi connectivity index (χ2n) is 17.4. The number of carbonyl (C=O) groups excluding carboxylic acids is 2. The number of H-pyrrole nitrogens is 1. The molecule has 0 aliphatic heterocycles. The van der Waals surface area contributed by atoms with Crippen molar-refractivity contribution in [2.45, 2.75) is 113 Å². The number of rotatable bonds is 8. The van der Waals surface area contributed by atoms with Crippen LogP contribution in [0.4, 0.5) is 9.59 Å². The topological polar surface area (TPSA) is 175 Å². The van der Waals surface area contributed by atoms with Crippen molar-refractivity contribution in [3.63, 3.8) is 0 Å². The molecule has 0 aliphatic rings. The lowest BCUT2D eigenvalue weighted by Gasteiger charge is -2.32. The van der Waals surface area contributed by atoms with Crippen molar-refractivity contribution >= 4 is 12.2 Å². The molecule has 5 aromatic rings. The van der Waals surface area contributed by atoms with Gasteiger partial charge in [0.15, 0.2) is 0 Å². The zero-order chi connectivity index (χ0) is 40.6. The summed E-state index contributed by atoms with van der Waals surface area (Å²) >= 11 is 0. The van der Waals surface area contributed by atoms with E-state index >= 15 is 0 Å². The van der Waals surface area contributed by atoms with Gasteiger partial charge in [-0.05, 0) is 57.9 Å². The monoisotopic (exact) mass is 752 g/mol. The molecule has 4 heterocycles. The molecule has 55 heavy (non-hydrogen) atoms. The summed E-state index contributed by atoms with van der Waals surface area (Å²) in [7, 11) is 0. The Morgan fingerprint density at radius 2 is 1.20 bits per heavy atom. The van der Waals surface area contributed by atoms with Crippen LogP contribution in [0.3, 0.4) is 0 Å². The summed E-state index contributed by atoms with van der Waals surface area (Å²) in [4.78, 5) is 54.2. The minimum Gasteiger partial charge on any atom is -0.444 e. The summed E-state index contributed by atoms with van der Waals surface area (Å²) in [5.41, 5.74) is 2.26. The molecular weight excluding hydrogens is 697 g/mol. The van der Waals surface area contributed by atoms with Gasteiger partial charge in [-0.3, -0.25) is 19.9 Å². The van der Waals surface area contributed by atoms with Crippen LogP contribution in [-0.4, -0.2) is 62.8 Å². The first kappa shape index (κ1) is 42.1. The predicted octanol–water partition coefficient (Wildman–Crippen LogP) is 8.48. The number of hydrogen-bond acceptors (Lipinski definition) is 10. The zero-order valence-corrected chi connectivity index (χ0v) is 34.1. The van der Waals surface area contributed by atoms with E-state index in [0.29, 0.717) is 29.5 Å². The van der Waals surface area contributed by atoms with Crippen molar-refractivity contribution in [3.8, 4) is 22.8 Å². The molecule has 5 rings (SSSR count). The molecular formula is C41H56N10O4. The maximum absolute atomic E-state index is 12.6. The Balaban J connectivity index is 0.000000253. The number of nitrogens with one attached hydrogen (secondary N) is 3. The number of carbonyl (C=O) groups is 2. The lowest BCUT2D eigenvalue weighted by Crippen LogP contribution is -2.41. The molecule has 294 valence electrons. The maximum Gasteiger partial charge on any atom is 0.408 e. The first-order valence-corrected chi connectivity index (χ1v) is 18.3. The molecule has 0 saturated carbocycles. The van der Waals surface area contributed by atoms with Crippen LogP contribution < -0.4 is 10.6 Å². The molecule has 14 nitrogen and oxygen atoms in total. The molecule has 0 bridgehead atoms. The quantitative estimate of drug-likeness (QED) is 0.139. The van der Waals surface area contributed by atoms with E-state index in [0.717, 1.165) is 17.1 Å². The third-order valence-corrected chi connectivity index (χ3v) is 7.85. The number of imidazole rings is 2. The molecule has 0 unspecified atom stereocenters. The Kier molecular flexibility index (Phi) is 13.2. The van der Waals surface area contributed by atoms with E-state index in [1.165, 1.54) is 0 Å². The smallest absolute Gasteiger partial charge is 0.408 e. The summed E-state index contributed by atoms with van der Waals surface area (Å²) in [6, 6.07) is 9.43. The minimum atomic E-state index is -0.587. The first-order chi connectivity index (χ1) is 25.6. The average Bonchev–Trinajstić information content (AvgIpc) is 3.73. The number of alkyl carbamates (subject to hydrolysis) is 2. The highest BCUT2D eigenvalue weighted by atomic mass is 16.6. The van der Waals surface area contributed by atoms with Crippen LogP contribution in [0.2, 0.25) is 0 Å². The van der Waals surface area contributed by atoms with E-state index in [-0.39, 0.29) is 22.9 Å². The molecule has 0 spiro atoms. The fourth-order valence-electron chi connectivity index (χ4n) is 5.39. The molecule has 0 aliphatic carbocycles. The highest BCUT2D eigenvalue weighted by molar-refractivity contribution is 5.69. The molecule has 14 heteroatoms. The van der Waals surface area contributed by atoms with Crippen molar-refractivity contribution < 1.29 is 19.1 Å². The van der Waals surface area contributed by atoms with Crippen molar-refractivity contribution in [2.24, 2.45) is 10.8 Å². The summed E-state index contributed by atoms with van der Waals surface area (Å²) in [6.45, 7) is 23.9. The second kappa shape index (κ2) is 17.2. The van der Waals surface area contributed by atoms with E-state index < -0.39 is 23.4 Å². The Morgan fingerprint density at radius 3 is 1.69 bits per heavy atom. The highest BCUT2D eigenvalue weighted by Gasteiger charge is 2.34. The van der Waals surface area contributed by atoms with Gasteiger partial charge in [0, 0.05) is 37.5 Å². The first-order valence-electron chi connectivity index (χ1n) is 18.3. The Labute approximate surface area is 324 Å². The molecule has 0 fully saturated rings. The van der Waals surface area contributed by atoms with E-state index in [1.54, 1.807) is 43.4 Å². The van der Waals surface area contributed by atoms with E-state index in [9.17, 15) is 9.59 Å². The molecule has 0 radical (unpaired) electrons. The standard InChI is InChI=1S/C24H31N5O2.C17H25N5O2/c1-23(2,3)20(28-22(30)31-24(4,5)6)21-27-19(18-14-25-12-13-26-18)16-29(21)15-17-10-8-7-9-11-17;1-16(2,3)13(22-15(23)24-17(4,5)6)14-20-10-12(21-14)11-9-18-7-8-19-11/h7-14,16,20H,15H2,1-6H3,(H,28,30);7-10,13H,1-6H3,(H,20,21)(H,22,23)/t20-;13-/m00/s1. The number of aromatic nitrogens is 8. The summed E-state index contributed by atoms with van der Waals surface area (Å²) in [5.74, 6) is 1.39. The largest absolute Gasteiger partial charge is 0.444 e. The molecule has 2 amide bonds. The summed E-state index contributed by atoms with van der Waals surface area (Å²) in [6.07, 6.45) is 12.6. The number of benzene rings is 1. The van der Waals surface area contributed by atoms with Crippen molar-refractivity contribution in [3.05, 3.63) is 97.1 Å². The minimum absolute atomic E-state index is 0.256. The van der Waals surface area contributed by atoms with Crippen LogP contribution in [-0.2, 0) is 16.0 Å². The predicted molar refractivity (Wildman–Crippen MR) is 212 cm³/mol. The van der Waals surface area contributed by atoms with Crippen LogP contribution in [0, 0.1) is 10.8 Å². The van der Waals surface area contributed by atoms with Gasteiger partial charge < -0.3 is 29.7 Å². The van der Waals surface area contributed by atoms with Crippen LogP contribution in [0.5, 0.6) is 0 Å². The number of amides is 2. The van der Waals surface area contributed by atoms with Crippen molar-refractivity contribution in [1.29, 1.82) is 0 Å². The third-order valence-electron chi connectivity index (χ3n) is 7.85. The van der Waals surface area contributed by atoms with Gasteiger partial charge in [-0.2, -0.15) is 0 Å². The zero-order valence-electron chi connectivity index (χ0n) is 34.1. The Bertz CT molecular complexity index is 1970. The van der Waals surface area contributed by atoms with Gasteiger partial charge in [0.2, 0.25) is 0 Å². The van der Waals surface area contributed by atoms with Gasteiger partial charge in [0.1, 0.15) is 39.9 Å². The Hall–Kier alpha value is -5.66. The van der Waals surface area contributed by atoms with Crippen molar-refractivity contribution in [1.82, 2.24) is 50.1 Å². The number of aromatic amines is 1. The van der Waals surface area contributed by atoms with Crippen LogP contribution in [0.1, 0.15) is 112 Å². The highest BCUT2D eigenvalue weighted by Crippen LogP contribution is 2.35. The maximum atomic E-state index is 12.6. The van der Waals surface area contributed by atoms with Gasteiger partial charge in [0.25, 0.3) is 0 Å². The van der Waals surface area contributed by atoms with Gasteiger partial charge >= 0.3 is 12.2 Å². The van der Waals surface area contributed by atoms with Gasteiger partial charge in [-0.1, -0.05) is 71.9 Å². The van der Waals surface area contributed by atoms with Crippen LogP contribution in [0.15, 0.2) is 79.9 Å². The van der Waals surface area contributed by atoms with Gasteiger partial charge in [-0.15, -0.1) is 0 Å². The lowest BCUT2D eigenvalue weighted by molar-refractivity contribution is 0.0447. The normalized spacial score (nSPS) is 13.2. The Morgan fingerprint density at radius 1 is 0.673 bits per heavy atom. The van der Waals surface area contributed by atoms with E-state index in [1.807, 2.05) is 86.7 Å². The number of hydrogen-bond donors (Lipinski definition) is 3. The molecule has 3 N–H and O–H groups in total. The summed E-state index contributed by atoms with van der Waals surface area (Å²) < 4.78 is 12.9. The lowest BCUT2D eigenvalue weighted by atomic mass is 9.86. The van der Waals surface area contributed by atoms with Gasteiger partial charge in [0.05, 0.1) is 36.4 Å². The summed E-state index contributed by atoms with van der Waals surface area (Å²) in [5, 5.41) is 5.94. The van der Waals surface area contributed by atoms with Crippen molar-refractivity contribution in [2.75, 3.05) is 0 Å². The number of ether oxygens (including phenoxy) is 2. The van der Waals surface area contributed by atoms with Crippen LogP contribution >= 0.6 is 0 Å². The number of nitrogens with zero attached hydrogens (tertiary/aromatic N) is 7.